The number of fused-ring (bicyclic) bond motifs is 1. The molecule has 0 spiro atoms. The molecule has 6 nitrogen and oxygen atoms in total. The van der Waals surface area contributed by atoms with Crippen LogP contribution in [-0.4, -0.2) is 23.0 Å². The summed E-state index contributed by atoms with van der Waals surface area (Å²) in [6.07, 6.45) is 2.41. The van der Waals surface area contributed by atoms with E-state index in [9.17, 15) is 10.1 Å². The molecule has 0 unspecified atom stereocenters. The van der Waals surface area contributed by atoms with Crippen molar-refractivity contribution in [2.75, 3.05) is 18.4 Å². The van der Waals surface area contributed by atoms with Gasteiger partial charge in [0.25, 0.3) is 5.69 Å². The van der Waals surface area contributed by atoms with E-state index in [1.807, 2.05) is 6.92 Å². The first kappa shape index (κ1) is 13.2. The summed E-state index contributed by atoms with van der Waals surface area (Å²) in [5.74, 6) is 0.673. The molecule has 0 atom stereocenters. The van der Waals surface area contributed by atoms with Gasteiger partial charge < -0.3 is 11.1 Å². The van der Waals surface area contributed by atoms with Crippen molar-refractivity contribution in [1.29, 1.82) is 0 Å². The minimum atomic E-state index is -0.370. The molecule has 1 aromatic carbocycles. The molecule has 0 amide bonds. The Balaban J connectivity index is 2.54. The van der Waals surface area contributed by atoms with Crippen LogP contribution in [0.2, 0.25) is 0 Å². The fourth-order valence-electron chi connectivity index (χ4n) is 2.05. The lowest BCUT2D eigenvalue weighted by Gasteiger charge is -2.10. The van der Waals surface area contributed by atoms with Crippen molar-refractivity contribution in [1.82, 2.24) is 4.98 Å². The number of hydrogen-bond acceptors (Lipinski definition) is 5. The van der Waals surface area contributed by atoms with Gasteiger partial charge in [-0.2, -0.15) is 0 Å². The SMILES string of the molecule is Cc1ccc([N+](=O)[O-])c2ccnc(NCCCN)c12. The molecule has 0 aliphatic carbocycles. The molecule has 1 aromatic heterocycles. The Labute approximate surface area is 110 Å². The lowest BCUT2D eigenvalue weighted by atomic mass is 10.1. The van der Waals surface area contributed by atoms with Gasteiger partial charge in [-0.3, -0.25) is 10.1 Å². The highest BCUT2D eigenvalue weighted by Crippen LogP contribution is 2.31. The van der Waals surface area contributed by atoms with E-state index in [0.717, 1.165) is 17.4 Å². The predicted molar refractivity (Wildman–Crippen MR) is 75.3 cm³/mol. The molecule has 2 aromatic rings. The van der Waals surface area contributed by atoms with Gasteiger partial charge in [-0.1, -0.05) is 6.07 Å². The highest BCUT2D eigenvalue weighted by atomic mass is 16.6. The summed E-state index contributed by atoms with van der Waals surface area (Å²) in [5.41, 5.74) is 6.51. The first-order valence-electron chi connectivity index (χ1n) is 6.12. The number of aryl methyl sites for hydroxylation is 1. The molecule has 0 fully saturated rings. The van der Waals surface area contributed by atoms with Crippen LogP contribution in [0.3, 0.4) is 0 Å². The standard InChI is InChI=1S/C13H16N4O2/c1-9-3-4-11(17(18)19)10-5-8-16-13(12(9)10)15-7-2-6-14/h3-5,8H,2,6-7,14H2,1H3,(H,15,16). The number of hydrogen-bond donors (Lipinski definition) is 2. The third-order valence-corrected chi connectivity index (χ3v) is 2.98. The number of anilines is 1. The first-order valence-corrected chi connectivity index (χ1v) is 6.12. The Morgan fingerprint density at radius 3 is 2.89 bits per heavy atom. The monoisotopic (exact) mass is 260 g/mol. The number of rotatable bonds is 5. The molecule has 1 heterocycles. The number of nitro groups is 1. The molecular formula is C13H16N4O2. The molecule has 0 saturated carbocycles. The number of benzene rings is 1. The molecular weight excluding hydrogens is 244 g/mol. The van der Waals surface area contributed by atoms with E-state index < -0.39 is 0 Å². The van der Waals surface area contributed by atoms with E-state index in [1.165, 1.54) is 6.07 Å². The van der Waals surface area contributed by atoms with E-state index >= 15 is 0 Å². The number of nitrogens with two attached hydrogens (primary N) is 1. The summed E-state index contributed by atoms with van der Waals surface area (Å²) in [7, 11) is 0. The zero-order chi connectivity index (χ0) is 13.8. The molecule has 0 aliphatic heterocycles. The van der Waals surface area contributed by atoms with Crippen molar-refractivity contribution in [3.8, 4) is 0 Å². The number of pyridine rings is 1. The van der Waals surface area contributed by atoms with E-state index in [0.29, 0.717) is 24.3 Å². The largest absolute Gasteiger partial charge is 0.370 e. The Morgan fingerprint density at radius 2 is 2.21 bits per heavy atom. The van der Waals surface area contributed by atoms with Gasteiger partial charge in [-0.25, -0.2) is 4.98 Å². The Morgan fingerprint density at radius 1 is 1.42 bits per heavy atom. The van der Waals surface area contributed by atoms with E-state index in [4.69, 9.17) is 5.73 Å². The second kappa shape index (κ2) is 5.62. The van der Waals surface area contributed by atoms with Gasteiger partial charge in [0.15, 0.2) is 0 Å². The van der Waals surface area contributed by atoms with Crippen LogP contribution in [0.25, 0.3) is 10.8 Å². The average molecular weight is 260 g/mol. The third kappa shape index (κ3) is 2.63. The van der Waals surface area contributed by atoms with Gasteiger partial charge in [0.05, 0.1) is 10.3 Å². The number of nitrogens with one attached hydrogen (secondary N) is 1. The first-order chi connectivity index (χ1) is 9.15. The Hall–Kier alpha value is -2.21. The van der Waals surface area contributed by atoms with Gasteiger partial charge in [0.1, 0.15) is 5.82 Å². The van der Waals surface area contributed by atoms with Crippen molar-refractivity contribution in [2.24, 2.45) is 5.73 Å². The van der Waals surface area contributed by atoms with Crippen LogP contribution < -0.4 is 11.1 Å². The highest BCUT2D eigenvalue weighted by molar-refractivity contribution is 5.99. The molecule has 19 heavy (non-hydrogen) atoms. The van der Waals surface area contributed by atoms with Crippen LogP contribution >= 0.6 is 0 Å². The quantitative estimate of drug-likeness (QED) is 0.488. The van der Waals surface area contributed by atoms with Gasteiger partial charge in [0.2, 0.25) is 0 Å². The summed E-state index contributed by atoms with van der Waals surface area (Å²) in [4.78, 5) is 14.9. The van der Waals surface area contributed by atoms with Crippen molar-refractivity contribution >= 4 is 22.3 Å². The van der Waals surface area contributed by atoms with Crippen LogP contribution in [0, 0.1) is 17.0 Å². The second-order valence-electron chi connectivity index (χ2n) is 4.31. The molecule has 6 heteroatoms. The van der Waals surface area contributed by atoms with Gasteiger partial charge in [-0.05, 0) is 31.5 Å². The van der Waals surface area contributed by atoms with E-state index in [2.05, 4.69) is 10.3 Å². The lowest BCUT2D eigenvalue weighted by molar-refractivity contribution is -0.383. The highest BCUT2D eigenvalue weighted by Gasteiger charge is 2.15. The molecule has 0 bridgehead atoms. The average Bonchev–Trinajstić information content (AvgIpc) is 2.39. The summed E-state index contributed by atoms with van der Waals surface area (Å²) in [5, 5.41) is 15.6. The third-order valence-electron chi connectivity index (χ3n) is 2.98. The van der Waals surface area contributed by atoms with E-state index in [-0.39, 0.29) is 10.6 Å². The van der Waals surface area contributed by atoms with Crippen molar-refractivity contribution in [2.45, 2.75) is 13.3 Å². The fourth-order valence-corrected chi connectivity index (χ4v) is 2.05. The maximum Gasteiger partial charge on any atom is 0.277 e. The van der Waals surface area contributed by atoms with Crippen molar-refractivity contribution in [3.05, 3.63) is 40.1 Å². The normalized spacial score (nSPS) is 10.6. The number of nitro benzene ring substituents is 1. The summed E-state index contributed by atoms with van der Waals surface area (Å²) < 4.78 is 0. The van der Waals surface area contributed by atoms with Gasteiger partial charge >= 0.3 is 0 Å². The van der Waals surface area contributed by atoms with Crippen LogP contribution in [0.4, 0.5) is 11.5 Å². The van der Waals surface area contributed by atoms with Crippen LogP contribution in [0.1, 0.15) is 12.0 Å². The molecule has 2 rings (SSSR count). The Kier molecular flexibility index (Phi) is 3.91. The Bertz CT molecular complexity index is 613. The molecule has 3 N–H and O–H groups in total. The van der Waals surface area contributed by atoms with Crippen molar-refractivity contribution in [3.63, 3.8) is 0 Å². The zero-order valence-corrected chi connectivity index (χ0v) is 10.7. The predicted octanol–water partition coefficient (Wildman–Crippen LogP) is 2.21. The van der Waals surface area contributed by atoms with Crippen LogP contribution in [0.5, 0.6) is 0 Å². The molecule has 0 saturated heterocycles. The second-order valence-corrected chi connectivity index (χ2v) is 4.31. The molecule has 0 radical (unpaired) electrons. The maximum absolute atomic E-state index is 11.0. The minimum Gasteiger partial charge on any atom is -0.370 e. The number of non-ortho nitro benzene ring substituents is 1. The molecule has 100 valence electrons. The van der Waals surface area contributed by atoms with Crippen molar-refractivity contribution < 1.29 is 4.92 Å². The smallest absolute Gasteiger partial charge is 0.277 e. The van der Waals surface area contributed by atoms with Gasteiger partial charge in [0, 0.05) is 24.2 Å². The topological polar surface area (TPSA) is 94.1 Å². The maximum atomic E-state index is 11.0. The lowest BCUT2D eigenvalue weighted by Crippen LogP contribution is -2.09. The fraction of sp³-hybridized carbons (Fsp3) is 0.308. The summed E-state index contributed by atoms with van der Waals surface area (Å²) >= 11 is 0. The minimum absolute atomic E-state index is 0.102. The van der Waals surface area contributed by atoms with Crippen LogP contribution in [0.15, 0.2) is 24.4 Å². The van der Waals surface area contributed by atoms with E-state index in [1.54, 1.807) is 18.3 Å². The van der Waals surface area contributed by atoms with Gasteiger partial charge in [-0.15, -0.1) is 0 Å². The molecule has 0 aliphatic rings. The van der Waals surface area contributed by atoms with Crippen LogP contribution in [-0.2, 0) is 0 Å². The summed E-state index contributed by atoms with van der Waals surface area (Å²) in [6.45, 7) is 3.21. The summed E-state index contributed by atoms with van der Waals surface area (Å²) in [6, 6.07) is 4.95. The zero-order valence-electron chi connectivity index (χ0n) is 10.7. The number of nitrogens with zero attached hydrogens (tertiary/aromatic N) is 2. The number of aromatic nitrogens is 1.